The third-order valence-electron chi connectivity index (χ3n) is 3.30. The predicted molar refractivity (Wildman–Crippen MR) is 79.4 cm³/mol. The molecule has 102 valence electrons. The van der Waals surface area contributed by atoms with Crippen LogP contribution in [0.25, 0.3) is 0 Å². The number of aryl methyl sites for hydroxylation is 1. The van der Waals surface area contributed by atoms with Gasteiger partial charge >= 0.3 is 0 Å². The molecule has 2 aromatic rings. The molecule has 1 heterocycles. The van der Waals surface area contributed by atoms with E-state index in [9.17, 15) is 4.79 Å². The van der Waals surface area contributed by atoms with Gasteiger partial charge in [-0.15, -0.1) is 11.6 Å². The molecule has 0 radical (unpaired) electrons. The average Bonchev–Trinajstić information content (AvgIpc) is 2.46. The first-order chi connectivity index (χ1) is 9.63. The van der Waals surface area contributed by atoms with Gasteiger partial charge < -0.3 is 10.1 Å². The minimum atomic E-state index is -0.250. The van der Waals surface area contributed by atoms with E-state index in [1.165, 1.54) is 5.56 Å². The Morgan fingerprint density at radius 2 is 1.85 bits per heavy atom. The maximum Gasteiger partial charge on any atom is 0.262 e. The zero-order chi connectivity index (χ0) is 14.1. The monoisotopic (exact) mass is 287 g/mol. The highest BCUT2D eigenvalue weighted by molar-refractivity contribution is 6.22. The van der Waals surface area contributed by atoms with E-state index in [4.69, 9.17) is 16.3 Å². The lowest BCUT2D eigenvalue weighted by Crippen LogP contribution is -2.25. The summed E-state index contributed by atoms with van der Waals surface area (Å²) < 4.78 is 5.34. The molecule has 1 atom stereocenters. The minimum absolute atomic E-state index is 0.0641. The molecule has 0 spiro atoms. The van der Waals surface area contributed by atoms with E-state index in [0.717, 1.165) is 11.1 Å². The van der Waals surface area contributed by atoms with Crippen LogP contribution in [0.1, 0.15) is 22.1 Å². The first-order valence-electron chi connectivity index (χ1n) is 6.41. The van der Waals surface area contributed by atoms with E-state index in [1.54, 1.807) is 0 Å². The highest BCUT2D eigenvalue weighted by atomic mass is 35.5. The lowest BCUT2D eigenvalue weighted by Gasteiger charge is -2.20. The molecule has 2 aromatic carbocycles. The van der Waals surface area contributed by atoms with Crippen LogP contribution in [0.3, 0.4) is 0 Å². The van der Waals surface area contributed by atoms with Gasteiger partial charge in [0.2, 0.25) is 0 Å². The van der Waals surface area contributed by atoms with Gasteiger partial charge in [-0.05, 0) is 30.2 Å². The number of ether oxygens (including phenoxy) is 1. The normalized spacial score (nSPS) is 15.0. The maximum atomic E-state index is 11.3. The van der Waals surface area contributed by atoms with E-state index in [-0.39, 0.29) is 17.9 Å². The van der Waals surface area contributed by atoms with Gasteiger partial charge in [0, 0.05) is 0 Å². The number of alkyl halides is 1. The molecule has 20 heavy (non-hydrogen) atoms. The number of hydrogen-bond donors (Lipinski definition) is 1. The Balaban J connectivity index is 1.92. The molecule has 0 saturated carbocycles. The Morgan fingerprint density at radius 3 is 2.60 bits per heavy atom. The molecule has 0 bridgehead atoms. The summed E-state index contributed by atoms with van der Waals surface area (Å²) in [5.41, 5.74) is 3.83. The number of carbonyl (C=O) groups is 1. The molecule has 0 saturated heterocycles. The zero-order valence-electron chi connectivity index (χ0n) is 11.0. The molecule has 0 aliphatic carbocycles. The highest BCUT2D eigenvalue weighted by Crippen LogP contribution is 2.35. The number of anilines is 1. The Hall–Kier alpha value is -2.00. The van der Waals surface area contributed by atoms with Crippen LogP contribution >= 0.6 is 11.6 Å². The van der Waals surface area contributed by atoms with Gasteiger partial charge in [0.1, 0.15) is 5.75 Å². The topological polar surface area (TPSA) is 38.3 Å². The van der Waals surface area contributed by atoms with E-state index < -0.39 is 0 Å². The van der Waals surface area contributed by atoms with E-state index in [1.807, 2.05) is 49.4 Å². The molecule has 1 amide bonds. The van der Waals surface area contributed by atoms with Crippen molar-refractivity contribution in [1.29, 1.82) is 0 Å². The summed E-state index contributed by atoms with van der Waals surface area (Å²) in [7, 11) is 0. The molecule has 3 nitrogen and oxygen atoms in total. The molecule has 1 unspecified atom stereocenters. The fourth-order valence-electron chi connectivity index (χ4n) is 2.19. The second-order valence-corrected chi connectivity index (χ2v) is 5.30. The number of amides is 1. The van der Waals surface area contributed by atoms with Gasteiger partial charge in [-0.3, -0.25) is 4.79 Å². The predicted octanol–water partition coefficient (Wildman–Crippen LogP) is 3.65. The number of benzene rings is 2. The van der Waals surface area contributed by atoms with Crippen LogP contribution < -0.4 is 10.1 Å². The molecule has 3 rings (SSSR count). The summed E-state index contributed by atoms with van der Waals surface area (Å²) in [6.45, 7) is 2.10. The Morgan fingerprint density at radius 1 is 1.15 bits per heavy atom. The smallest absolute Gasteiger partial charge is 0.262 e. The number of hydrogen-bond acceptors (Lipinski definition) is 2. The van der Waals surface area contributed by atoms with E-state index in [0.29, 0.717) is 11.4 Å². The maximum absolute atomic E-state index is 11.3. The summed E-state index contributed by atoms with van der Waals surface area (Å²) >= 11 is 6.51. The third-order valence-corrected chi connectivity index (χ3v) is 3.80. The summed E-state index contributed by atoms with van der Waals surface area (Å²) in [6, 6.07) is 13.7. The van der Waals surface area contributed by atoms with Crippen molar-refractivity contribution in [2.45, 2.75) is 12.3 Å². The average molecular weight is 288 g/mol. The van der Waals surface area contributed by atoms with Gasteiger partial charge in [-0.25, -0.2) is 0 Å². The molecular weight excluding hydrogens is 274 g/mol. The van der Waals surface area contributed by atoms with Crippen LogP contribution in [0.2, 0.25) is 0 Å². The van der Waals surface area contributed by atoms with Crippen molar-refractivity contribution in [3.05, 3.63) is 59.2 Å². The van der Waals surface area contributed by atoms with E-state index >= 15 is 0 Å². The fraction of sp³-hybridized carbons (Fsp3) is 0.188. The standard InChI is InChI=1S/C16H14ClNO2/c1-10-2-4-11(5-3-10)16(17)12-6-7-14-13(8-12)18-15(19)9-20-14/h2-8,16H,9H2,1H3,(H,18,19). The molecule has 1 aliphatic heterocycles. The zero-order valence-corrected chi connectivity index (χ0v) is 11.8. The molecule has 4 heteroatoms. The Bertz CT molecular complexity index is 652. The first kappa shape index (κ1) is 13.0. The summed E-state index contributed by atoms with van der Waals surface area (Å²) in [6.07, 6.45) is 0. The van der Waals surface area contributed by atoms with Crippen LogP contribution in [0.5, 0.6) is 5.75 Å². The van der Waals surface area contributed by atoms with Gasteiger partial charge in [0.25, 0.3) is 5.91 Å². The van der Waals surface area contributed by atoms with Gasteiger partial charge in [-0.1, -0.05) is 35.9 Å². The van der Waals surface area contributed by atoms with Crippen LogP contribution in [-0.4, -0.2) is 12.5 Å². The summed E-state index contributed by atoms with van der Waals surface area (Å²) in [5, 5.41) is 2.54. The van der Waals surface area contributed by atoms with Crippen molar-refractivity contribution >= 4 is 23.2 Å². The van der Waals surface area contributed by atoms with Crippen molar-refractivity contribution in [3.63, 3.8) is 0 Å². The lowest BCUT2D eigenvalue weighted by molar-refractivity contribution is -0.118. The molecule has 0 fully saturated rings. The van der Waals surface area contributed by atoms with E-state index in [2.05, 4.69) is 5.32 Å². The quantitative estimate of drug-likeness (QED) is 0.856. The number of fused-ring (bicyclic) bond motifs is 1. The van der Waals surface area contributed by atoms with Crippen molar-refractivity contribution in [2.75, 3.05) is 11.9 Å². The number of halogens is 1. The highest BCUT2D eigenvalue weighted by Gasteiger charge is 2.18. The van der Waals surface area contributed by atoms with Crippen molar-refractivity contribution < 1.29 is 9.53 Å². The minimum Gasteiger partial charge on any atom is -0.482 e. The second kappa shape index (κ2) is 5.17. The van der Waals surface area contributed by atoms with Crippen molar-refractivity contribution in [1.82, 2.24) is 0 Å². The molecular formula is C16H14ClNO2. The van der Waals surface area contributed by atoms with Gasteiger partial charge in [0.05, 0.1) is 11.1 Å². The Kier molecular flexibility index (Phi) is 3.36. The van der Waals surface area contributed by atoms with Crippen LogP contribution in [-0.2, 0) is 4.79 Å². The van der Waals surface area contributed by atoms with Crippen molar-refractivity contribution in [2.24, 2.45) is 0 Å². The third kappa shape index (κ3) is 2.49. The van der Waals surface area contributed by atoms with Gasteiger partial charge in [0.15, 0.2) is 6.61 Å². The van der Waals surface area contributed by atoms with Crippen LogP contribution in [0.15, 0.2) is 42.5 Å². The second-order valence-electron chi connectivity index (χ2n) is 4.87. The number of carbonyl (C=O) groups excluding carboxylic acids is 1. The number of nitrogens with one attached hydrogen (secondary N) is 1. The molecule has 0 aromatic heterocycles. The first-order valence-corrected chi connectivity index (χ1v) is 6.84. The largest absolute Gasteiger partial charge is 0.482 e. The Labute approximate surface area is 122 Å². The SMILES string of the molecule is Cc1ccc(C(Cl)c2ccc3c(c2)NC(=O)CO3)cc1. The number of rotatable bonds is 2. The van der Waals surface area contributed by atoms with Crippen LogP contribution in [0, 0.1) is 6.92 Å². The summed E-state index contributed by atoms with van der Waals surface area (Å²) in [5.74, 6) is 0.539. The summed E-state index contributed by atoms with van der Waals surface area (Å²) in [4.78, 5) is 11.3. The van der Waals surface area contributed by atoms with Crippen molar-refractivity contribution in [3.8, 4) is 5.75 Å². The molecule has 1 aliphatic rings. The van der Waals surface area contributed by atoms with Gasteiger partial charge in [-0.2, -0.15) is 0 Å². The fourth-order valence-corrected chi connectivity index (χ4v) is 2.47. The molecule has 1 N–H and O–H groups in total. The lowest BCUT2D eigenvalue weighted by atomic mass is 10.0. The van der Waals surface area contributed by atoms with Crippen LogP contribution in [0.4, 0.5) is 5.69 Å².